The van der Waals surface area contributed by atoms with Crippen LogP contribution < -0.4 is 5.32 Å². The molecule has 0 bridgehead atoms. The van der Waals surface area contributed by atoms with E-state index in [9.17, 15) is 27.2 Å². The zero-order valence-electron chi connectivity index (χ0n) is 17.5. The van der Waals surface area contributed by atoms with Crippen molar-refractivity contribution in [3.05, 3.63) is 58.9 Å². The Balaban J connectivity index is 1.89. The first kappa shape index (κ1) is 25.0. The number of benzene rings is 2. The number of unbranched alkanes of at least 4 members (excludes halogenated alkanes) is 1. The van der Waals surface area contributed by atoms with E-state index < -0.39 is 33.7 Å². The van der Waals surface area contributed by atoms with Crippen molar-refractivity contribution in [2.75, 3.05) is 11.9 Å². The molecule has 1 N–H and O–H groups in total. The molecule has 176 valence electrons. The second-order valence-electron chi connectivity index (χ2n) is 7.26. The zero-order chi connectivity index (χ0) is 24.2. The van der Waals surface area contributed by atoms with Crippen molar-refractivity contribution >= 4 is 51.7 Å². The van der Waals surface area contributed by atoms with Gasteiger partial charge in [-0.15, -0.1) is 0 Å². The molecular formula is C22H20ClF4N3O2S. The van der Waals surface area contributed by atoms with Crippen LogP contribution in [0, 0.1) is 5.82 Å². The molecule has 0 unspecified atom stereocenters. The van der Waals surface area contributed by atoms with E-state index in [-0.39, 0.29) is 23.2 Å². The highest BCUT2D eigenvalue weighted by molar-refractivity contribution is 8.15. The lowest BCUT2D eigenvalue weighted by atomic mass is 10.2. The summed E-state index contributed by atoms with van der Waals surface area (Å²) in [7, 11) is 0. The van der Waals surface area contributed by atoms with Gasteiger partial charge in [0.1, 0.15) is 11.1 Å². The second kappa shape index (κ2) is 10.6. The topological polar surface area (TPSA) is 61.8 Å². The van der Waals surface area contributed by atoms with Crippen LogP contribution in [0.15, 0.2) is 47.5 Å². The number of amidine groups is 1. The molecule has 0 saturated carbocycles. The zero-order valence-corrected chi connectivity index (χ0v) is 19.0. The van der Waals surface area contributed by atoms with Gasteiger partial charge in [0.25, 0.3) is 0 Å². The summed E-state index contributed by atoms with van der Waals surface area (Å²) in [5.74, 6) is -1.31. The molecule has 5 nitrogen and oxygen atoms in total. The fraction of sp³-hybridized carbons (Fsp3) is 0.318. The maximum absolute atomic E-state index is 13.2. The van der Waals surface area contributed by atoms with Gasteiger partial charge in [-0.3, -0.25) is 14.5 Å². The van der Waals surface area contributed by atoms with Gasteiger partial charge < -0.3 is 5.32 Å². The summed E-state index contributed by atoms with van der Waals surface area (Å²) in [5.41, 5.74) is -0.721. The Morgan fingerprint density at radius 2 is 1.94 bits per heavy atom. The van der Waals surface area contributed by atoms with Crippen LogP contribution in [0.25, 0.3) is 0 Å². The lowest BCUT2D eigenvalue weighted by molar-refractivity contribution is -0.137. The minimum atomic E-state index is -4.66. The highest BCUT2D eigenvalue weighted by Crippen LogP contribution is 2.38. The molecule has 11 heteroatoms. The fourth-order valence-corrected chi connectivity index (χ4v) is 4.39. The molecule has 2 aromatic rings. The van der Waals surface area contributed by atoms with Gasteiger partial charge in [-0.05, 0) is 48.9 Å². The van der Waals surface area contributed by atoms with Gasteiger partial charge in [0, 0.05) is 18.7 Å². The van der Waals surface area contributed by atoms with Crippen LogP contribution in [0.3, 0.4) is 0 Å². The van der Waals surface area contributed by atoms with E-state index in [2.05, 4.69) is 10.3 Å². The van der Waals surface area contributed by atoms with E-state index >= 15 is 0 Å². The van der Waals surface area contributed by atoms with Crippen molar-refractivity contribution in [3.63, 3.8) is 0 Å². The summed E-state index contributed by atoms with van der Waals surface area (Å²) < 4.78 is 52.8. The largest absolute Gasteiger partial charge is 0.417 e. The number of hydrogen-bond acceptors (Lipinski definition) is 4. The van der Waals surface area contributed by atoms with Crippen molar-refractivity contribution in [1.82, 2.24) is 4.90 Å². The van der Waals surface area contributed by atoms with Crippen molar-refractivity contribution < 1.29 is 27.2 Å². The number of halogens is 5. The quantitative estimate of drug-likeness (QED) is 0.475. The van der Waals surface area contributed by atoms with Crippen LogP contribution in [-0.2, 0) is 15.8 Å². The van der Waals surface area contributed by atoms with Crippen LogP contribution in [0.4, 0.5) is 28.9 Å². The summed E-state index contributed by atoms with van der Waals surface area (Å²) in [6.45, 7) is 2.26. The number of anilines is 1. The lowest BCUT2D eigenvalue weighted by Crippen LogP contribution is -2.45. The Bertz CT molecular complexity index is 1060. The third-order valence-electron chi connectivity index (χ3n) is 4.76. The minimum Gasteiger partial charge on any atom is -0.325 e. The van der Waals surface area contributed by atoms with E-state index in [4.69, 9.17) is 11.6 Å². The molecule has 1 heterocycles. The number of carbonyl (C=O) groups is 2. The average molecular weight is 502 g/mol. The van der Waals surface area contributed by atoms with Crippen LogP contribution in [0.2, 0.25) is 5.02 Å². The molecule has 0 spiro atoms. The van der Waals surface area contributed by atoms with Crippen LogP contribution in [-0.4, -0.2) is 33.7 Å². The Hall–Kier alpha value is -2.59. The average Bonchev–Trinajstić information content (AvgIpc) is 2.75. The van der Waals surface area contributed by atoms with Crippen LogP contribution >= 0.6 is 23.4 Å². The number of nitrogens with one attached hydrogen (secondary N) is 1. The number of thioether (sulfide) groups is 1. The molecule has 1 aliphatic heterocycles. The maximum Gasteiger partial charge on any atom is 0.417 e. The molecule has 2 amide bonds. The summed E-state index contributed by atoms with van der Waals surface area (Å²) in [6.07, 6.45) is -3.32. The second-order valence-corrected chi connectivity index (χ2v) is 8.84. The summed E-state index contributed by atoms with van der Waals surface area (Å²) in [5, 5.41) is 1.44. The van der Waals surface area contributed by atoms with Crippen LogP contribution in [0.5, 0.6) is 0 Å². The number of nitrogens with zero attached hydrogens (tertiary/aromatic N) is 2. The molecule has 33 heavy (non-hydrogen) atoms. The van der Waals surface area contributed by atoms with Crippen molar-refractivity contribution in [3.8, 4) is 0 Å². The highest BCUT2D eigenvalue weighted by atomic mass is 35.5. The van der Waals surface area contributed by atoms with Gasteiger partial charge in [0.05, 0.1) is 16.3 Å². The van der Waals surface area contributed by atoms with E-state index in [1.54, 1.807) is 0 Å². The summed E-state index contributed by atoms with van der Waals surface area (Å²) in [6, 6.07) is 8.36. The number of amides is 2. The van der Waals surface area contributed by atoms with E-state index in [0.717, 1.165) is 30.3 Å². The number of rotatable bonds is 6. The predicted octanol–water partition coefficient (Wildman–Crippen LogP) is 6.26. The lowest BCUT2D eigenvalue weighted by Gasteiger charge is -2.31. The molecule has 2 aromatic carbocycles. The standard InChI is InChI=1S/C22H20ClF4N3O2S/c1-2-3-10-30-19(31)12-18(20(32)28-14-6-4-13(24)5-7-14)33-21(30)29-15-8-9-17(23)16(11-15)22(25,26)27/h4-9,11,18H,2-3,10,12H2,1H3,(H,28,32)/t18-/m0/s1. The molecule has 0 aliphatic carbocycles. The van der Waals surface area contributed by atoms with Crippen LogP contribution in [0.1, 0.15) is 31.7 Å². The van der Waals surface area contributed by atoms with Gasteiger partial charge in [0.15, 0.2) is 5.17 Å². The van der Waals surface area contributed by atoms with Crippen molar-refractivity contribution in [2.45, 2.75) is 37.6 Å². The number of alkyl halides is 3. The molecule has 0 radical (unpaired) electrons. The first-order valence-electron chi connectivity index (χ1n) is 10.1. The first-order valence-corrected chi connectivity index (χ1v) is 11.3. The Morgan fingerprint density at radius 3 is 2.58 bits per heavy atom. The van der Waals surface area contributed by atoms with Gasteiger partial charge in [-0.1, -0.05) is 36.7 Å². The maximum atomic E-state index is 13.2. The minimum absolute atomic E-state index is 0.0388. The molecule has 1 saturated heterocycles. The fourth-order valence-electron chi connectivity index (χ4n) is 3.04. The smallest absolute Gasteiger partial charge is 0.325 e. The normalized spacial score (nSPS) is 18.0. The molecular weight excluding hydrogens is 482 g/mol. The van der Waals surface area contributed by atoms with Crippen molar-refractivity contribution in [1.29, 1.82) is 0 Å². The molecule has 0 aromatic heterocycles. The Morgan fingerprint density at radius 1 is 1.24 bits per heavy atom. The Kier molecular flexibility index (Phi) is 8.01. The summed E-state index contributed by atoms with van der Waals surface area (Å²) in [4.78, 5) is 31.2. The third kappa shape index (κ3) is 6.48. The van der Waals surface area contributed by atoms with E-state index in [1.807, 2.05) is 6.92 Å². The molecule has 1 atom stereocenters. The number of hydrogen-bond donors (Lipinski definition) is 1. The Labute approximate surface area is 197 Å². The highest BCUT2D eigenvalue weighted by Gasteiger charge is 2.36. The molecule has 1 aliphatic rings. The van der Waals surface area contributed by atoms with Gasteiger partial charge in [-0.2, -0.15) is 13.2 Å². The first-order chi connectivity index (χ1) is 15.6. The third-order valence-corrected chi connectivity index (χ3v) is 6.28. The van der Waals surface area contributed by atoms with Gasteiger partial charge >= 0.3 is 6.18 Å². The van der Waals surface area contributed by atoms with Crippen molar-refractivity contribution in [2.24, 2.45) is 4.99 Å². The van der Waals surface area contributed by atoms with Gasteiger partial charge in [0.2, 0.25) is 11.8 Å². The van der Waals surface area contributed by atoms with E-state index in [0.29, 0.717) is 18.7 Å². The molecule has 1 fully saturated rings. The van der Waals surface area contributed by atoms with E-state index in [1.165, 1.54) is 35.2 Å². The predicted molar refractivity (Wildman–Crippen MR) is 121 cm³/mol. The monoisotopic (exact) mass is 501 g/mol. The SMILES string of the molecule is CCCCN1C(=O)C[C@@H](C(=O)Nc2ccc(F)cc2)SC1=Nc1ccc(Cl)c(C(F)(F)F)c1. The number of carbonyl (C=O) groups excluding carboxylic acids is 2. The number of aliphatic imine (C=N–C) groups is 1. The van der Waals surface area contributed by atoms with Gasteiger partial charge in [-0.25, -0.2) is 9.38 Å². The molecule has 3 rings (SSSR count). The summed E-state index contributed by atoms with van der Waals surface area (Å²) >= 11 is 6.67.